The minimum Gasteiger partial charge on any atom is -1.00 e. The molecule has 4 rings (SSSR count). The average molecular weight is 328 g/mol. The molecule has 0 aromatic rings. The van der Waals surface area contributed by atoms with E-state index in [0.29, 0.717) is 11.5 Å². The smallest absolute Gasteiger partial charge is 0.0846 e. The van der Waals surface area contributed by atoms with Crippen LogP contribution in [0.25, 0.3) is 0 Å². The molecule has 0 bridgehead atoms. The molecule has 0 saturated heterocycles. The van der Waals surface area contributed by atoms with Gasteiger partial charge in [0.1, 0.15) is 0 Å². The van der Waals surface area contributed by atoms with Crippen LogP contribution in [-0.2, 0) is 0 Å². The predicted octanol–water partition coefficient (Wildman–Crippen LogP) is 0.00450. The molecule has 0 heterocycles. The van der Waals surface area contributed by atoms with Crippen LogP contribution >= 0.6 is 0 Å². The molecule has 8 atom stereocenters. The van der Waals surface area contributed by atoms with Gasteiger partial charge in [-0.25, -0.2) is 0 Å². The Kier molecular flexibility index (Phi) is 4.37. The highest BCUT2D eigenvalue weighted by molar-refractivity contribution is 5.09. The molecule has 4 aliphatic carbocycles. The zero-order valence-corrected chi connectivity index (χ0v) is 15.1. The van der Waals surface area contributed by atoms with E-state index in [9.17, 15) is 5.11 Å². The molecule has 0 aromatic carbocycles. The first-order chi connectivity index (χ1) is 9.95. The second-order valence-electron chi connectivity index (χ2n) is 9.43. The molecule has 2 nitrogen and oxygen atoms in total. The Balaban J connectivity index is 0.00000144. The minimum atomic E-state index is -0.0236. The van der Waals surface area contributed by atoms with Crippen molar-refractivity contribution in [2.75, 3.05) is 0 Å². The fraction of sp³-hybridized carbons (Fsp3) is 1.00. The van der Waals surface area contributed by atoms with Gasteiger partial charge in [-0.1, -0.05) is 13.8 Å². The number of halogens is 1. The second kappa shape index (κ2) is 5.63. The standard InChI is InChI=1S/C19H33NO.ClH/c1-18-9-7-13(20)11-12(18)3-4-14-15-5-6-17(21)19(15,2)10-8-16(14)18;/h12-17,21H,3-11,20H2,1-2H3;1H/t12-,13+,14?,15?,16?,17+,18?,19?;/m0./s1. The molecule has 3 heteroatoms. The van der Waals surface area contributed by atoms with E-state index >= 15 is 0 Å². The van der Waals surface area contributed by atoms with Crippen LogP contribution in [0.2, 0.25) is 0 Å². The third-order valence-corrected chi connectivity index (χ3v) is 8.72. The largest absolute Gasteiger partial charge is 1.00 e. The number of aliphatic hydroxyl groups excluding tert-OH is 1. The average Bonchev–Trinajstić information content (AvgIpc) is 2.76. The summed E-state index contributed by atoms with van der Waals surface area (Å²) in [5.74, 6) is 3.59. The van der Waals surface area contributed by atoms with Gasteiger partial charge in [-0.05, 0) is 85.9 Å². The molecule has 4 fully saturated rings. The lowest BCUT2D eigenvalue weighted by Crippen LogP contribution is -3.00. The molecule has 4 N–H and O–H groups in total. The highest BCUT2D eigenvalue weighted by atomic mass is 35.5. The summed E-state index contributed by atoms with van der Waals surface area (Å²) in [5.41, 5.74) is 5.20. The van der Waals surface area contributed by atoms with E-state index in [0.717, 1.165) is 30.1 Å². The first-order valence-corrected chi connectivity index (χ1v) is 9.46. The van der Waals surface area contributed by atoms with Crippen LogP contribution in [0.1, 0.15) is 71.6 Å². The van der Waals surface area contributed by atoms with Crippen LogP contribution in [0.15, 0.2) is 0 Å². The molecule has 0 aromatic heterocycles. The summed E-state index contributed by atoms with van der Waals surface area (Å²) >= 11 is 0. The van der Waals surface area contributed by atoms with Crippen LogP contribution < -0.4 is 18.1 Å². The third-order valence-electron chi connectivity index (χ3n) is 8.72. The zero-order valence-electron chi connectivity index (χ0n) is 14.4. The van der Waals surface area contributed by atoms with Crippen molar-refractivity contribution in [3.63, 3.8) is 0 Å². The van der Waals surface area contributed by atoms with Gasteiger partial charge in [-0.3, -0.25) is 0 Å². The minimum absolute atomic E-state index is 0. The molecule has 128 valence electrons. The lowest BCUT2D eigenvalue weighted by atomic mass is 9.45. The van der Waals surface area contributed by atoms with E-state index in [1.807, 2.05) is 0 Å². The first kappa shape index (κ1) is 17.0. The van der Waals surface area contributed by atoms with E-state index in [4.69, 9.17) is 0 Å². The molecular formula is C19H34ClNO. The first-order valence-electron chi connectivity index (χ1n) is 9.46. The Morgan fingerprint density at radius 1 is 0.864 bits per heavy atom. The van der Waals surface area contributed by atoms with Crippen molar-refractivity contribution < 1.29 is 23.2 Å². The van der Waals surface area contributed by atoms with Gasteiger partial charge in [-0.15, -0.1) is 0 Å². The molecule has 0 amide bonds. The summed E-state index contributed by atoms with van der Waals surface area (Å²) in [6, 6.07) is 0.710. The monoisotopic (exact) mass is 327 g/mol. The van der Waals surface area contributed by atoms with Crippen molar-refractivity contribution in [2.45, 2.75) is 83.8 Å². The molecule has 0 aliphatic heterocycles. The molecule has 0 radical (unpaired) electrons. The van der Waals surface area contributed by atoms with Crippen molar-refractivity contribution >= 4 is 0 Å². The lowest BCUT2D eigenvalue weighted by Gasteiger charge is -2.60. The van der Waals surface area contributed by atoms with Gasteiger partial charge in [0.25, 0.3) is 0 Å². The van der Waals surface area contributed by atoms with Crippen molar-refractivity contribution in [3.05, 3.63) is 0 Å². The van der Waals surface area contributed by atoms with E-state index in [1.54, 1.807) is 0 Å². The number of quaternary nitrogens is 1. The molecule has 0 spiro atoms. The maximum absolute atomic E-state index is 10.5. The van der Waals surface area contributed by atoms with Gasteiger partial charge in [0.2, 0.25) is 0 Å². The topological polar surface area (TPSA) is 47.9 Å². The summed E-state index contributed by atoms with van der Waals surface area (Å²) in [5, 5.41) is 10.5. The molecule has 4 aliphatic rings. The summed E-state index contributed by atoms with van der Waals surface area (Å²) < 4.78 is 0. The number of hydrogen-bond acceptors (Lipinski definition) is 1. The van der Waals surface area contributed by atoms with Gasteiger partial charge in [0, 0.05) is 6.42 Å². The van der Waals surface area contributed by atoms with Crippen LogP contribution in [-0.4, -0.2) is 17.3 Å². The normalized spacial score (nSPS) is 57.3. The van der Waals surface area contributed by atoms with Gasteiger partial charge >= 0.3 is 0 Å². The Hall–Kier alpha value is 0.210. The maximum atomic E-state index is 10.5. The molecule has 5 unspecified atom stereocenters. The van der Waals surface area contributed by atoms with E-state index in [2.05, 4.69) is 19.6 Å². The molecule has 22 heavy (non-hydrogen) atoms. The number of aliphatic hydroxyl groups is 1. The fourth-order valence-corrected chi connectivity index (χ4v) is 7.32. The predicted molar refractivity (Wildman–Crippen MR) is 84.4 cm³/mol. The number of hydrogen-bond donors (Lipinski definition) is 2. The molecular weight excluding hydrogens is 294 g/mol. The highest BCUT2D eigenvalue weighted by Crippen LogP contribution is 2.65. The number of fused-ring (bicyclic) bond motifs is 5. The lowest BCUT2D eigenvalue weighted by molar-refractivity contribution is -0.433. The second-order valence-corrected chi connectivity index (χ2v) is 9.43. The zero-order chi connectivity index (χ0) is 14.8. The summed E-state index contributed by atoms with van der Waals surface area (Å²) in [6.07, 6.45) is 12.0. The van der Waals surface area contributed by atoms with E-state index in [-0.39, 0.29) is 23.9 Å². The van der Waals surface area contributed by atoms with Gasteiger partial charge in [0.15, 0.2) is 0 Å². The summed E-state index contributed by atoms with van der Waals surface area (Å²) in [4.78, 5) is 0. The van der Waals surface area contributed by atoms with Crippen LogP contribution in [0.5, 0.6) is 0 Å². The van der Waals surface area contributed by atoms with E-state index < -0.39 is 0 Å². The van der Waals surface area contributed by atoms with Crippen molar-refractivity contribution in [1.29, 1.82) is 0 Å². The highest BCUT2D eigenvalue weighted by Gasteiger charge is 2.60. The van der Waals surface area contributed by atoms with Crippen LogP contribution in [0.3, 0.4) is 0 Å². The fourth-order valence-electron chi connectivity index (χ4n) is 7.32. The molecule has 4 saturated carbocycles. The van der Waals surface area contributed by atoms with Gasteiger partial charge in [0.05, 0.1) is 12.1 Å². The summed E-state index contributed by atoms with van der Waals surface area (Å²) in [6.45, 7) is 5.02. The van der Waals surface area contributed by atoms with Crippen molar-refractivity contribution in [1.82, 2.24) is 0 Å². The Morgan fingerprint density at radius 2 is 1.55 bits per heavy atom. The Morgan fingerprint density at radius 3 is 2.32 bits per heavy atom. The van der Waals surface area contributed by atoms with E-state index in [1.165, 1.54) is 51.4 Å². The maximum Gasteiger partial charge on any atom is 0.0846 e. The Bertz CT molecular complexity index is 430. The third kappa shape index (κ3) is 2.20. The Labute approximate surface area is 142 Å². The quantitative estimate of drug-likeness (QED) is 0.647. The SMILES string of the molecule is CC12CC[C@@H]([NH3+])C[C@@H]1CCC1C2CCC2(C)C1CC[C@H]2O.[Cl-]. The van der Waals surface area contributed by atoms with Gasteiger partial charge in [-0.2, -0.15) is 0 Å². The van der Waals surface area contributed by atoms with Crippen LogP contribution in [0.4, 0.5) is 0 Å². The summed E-state index contributed by atoms with van der Waals surface area (Å²) in [7, 11) is 0. The van der Waals surface area contributed by atoms with Gasteiger partial charge < -0.3 is 23.2 Å². The number of rotatable bonds is 0. The van der Waals surface area contributed by atoms with Crippen LogP contribution in [0, 0.1) is 34.5 Å². The van der Waals surface area contributed by atoms with Crippen molar-refractivity contribution in [2.24, 2.45) is 34.5 Å². The van der Waals surface area contributed by atoms with Crippen molar-refractivity contribution in [3.8, 4) is 0 Å².